The molecule has 3 N–H and O–H groups in total. The number of hydrogen-bond donors (Lipinski definition) is 3. The van der Waals surface area contributed by atoms with Crippen molar-refractivity contribution in [3.05, 3.63) is 29.8 Å². The quantitative estimate of drug-likeness (QED) is 0.254. The predicted molar refractivity (Wildman–Crippen MR) is 136 cm³/mol. The molecule has 0 bridgehead atoms. The second-order valence-electron chi connectivity index (χ2n) is 8.92. The molecule has 0 unspecified atom stereocenters. The Morgan fingerprint density at radius 1 is 1.19 bits per heavy atom. The largest absolute Gasteiger partial charge is 0.484 e. The van der Waals surface area contributed by atoms with Gasteiger partial charge in [0.25, 0.3) is 5.91 Å². The predicted octanol–water partition coefficient (Wildman–Crippen LogP) is 2.89. The van der Waals surface area contributed by atoms with Gasteiger partial charge in [-0.2, -0.15) is 0 Å². The molecule has 1 amide bonds. The second-order valence-corrected chi connectivity index (χ2v) is 8.92. The summed E-state index contributed by atoms with van der Waals surface area (Å²) >= 11 is 0. The van der Waals surface area contributed by atoms with E-state index in [-0.39, 0.29) is 42.0 Å². The highest BCUT2D eigenvalue weighted by Gasteiger charge is 2.28. The third-order valence-corrected chi connectivity index (χ3v) is 5.79. The van der Waals surface area contributed by atoms with E-state index in [1.165, 1.54) is 32.4 Å². The van der Waals surface area contributed by atoms with Crippen molar-refractivity contribution in [3.8, 4) is 5.75 Å². The molecule has 0 radical (unpaired) electrons. The van der Waals surface area contributed by atoms with Crippen LogP contribution in [0.3, 0.4) is 0 Å². The first-order valence-electron chi connectivity index (χ1n) is 11.2. The van der Waals surface area contributed by atoms with Crippen molar-refractivity contribution in [2.45, 2.75) is 64.1 Å². The Hall–Kier alpha value is -1.55. The van der Waals surface area contributed by atoms with E-state index < -0.39 is 0 Å². The first kappa shape index (κ1) is 25.7. The molecule has 1 aromatic carbocycles. The molecule has 1 aromatic rings. The maximum Gasteiger partial charge on any atom is 0.258 e. The van der Waals surface area contributed by atoms with Gasteiger partial charge in [-0.3, -0.25) is 14.7 Å². The number of amides is 1. The van der Waals surface area contributed by atoms with Gasteiger partial charge in [-0.25, -0.2) is 0 Å². The number of likely N-dealkylation sites (tertiary alicyclic amines) is 1. The third kappa shape index (κ3) is 8.84. The number of hydrogen-bond acceptors (Lipinski definition) is 4. The Kier molecular flexibility index (Phi) is 10.3. The summed E-state index contributed by atoms with van der Waals surface area (Å²) in [6.07, 6.45) is 6.08. The highest BCUT2D eigenvalue weighted by molar-refractivity contribution is 14.0. The van der Waals surface area contributed by atoms with Crippen molar-refractivity contribution in [2.24, 2.45) is 4.99 Å². The third-order valence-electron chi connectivity index (χ3n) is 5.79. The molecule has 31 heavy (non-hydrogen) atoms. The van der Waals surface area contributed by atoms with E-state index in [2.05, 4.69) is 39.7 Å². The van der Waals surface area contributed by atoms with Crippen molar-refractivity contribution in [1.29, 1.82) is 0 Å². The number of carbonyl (C=O) groups excluding carboxylic acids is 1. The highest BCUT2D eigenvalue weighted by Crippen LogP contribution is 2.20. The van der Waals surface area contributed by atoms with Gasteiger partial charge in [0.2, 0.25) is 0 Å². The Morgan fingerprint density at radius 2 is 1.94 bits per heavy atom. The van der Waals surface area contributed by atoms with E-state index in [1.54, 1.807) is 7.05 Å². The number of ether oxygens (including phenoxy) is 1. The van der Waals surface area contributed by atoms with Gasteiger partial charge in [-0.1, -0.05) is 18.6 Å². The maximum atomic E-state index is 11.8. The summed E-state index contributed by atoms with van der Waals surface area (Å²) in [5.41, 5.74) is 1.17. The van der Waals surface area contributed by atoms with Crippen LogP contribution in [-0.4, -0.2) is 61.6 Å². The summed E-state index contributed by atoms with van der Waals surface area (Å²) < 4.78 is 5.64. The fourth-order valence-corrected chi connectivity index (χ4v) is 3.71. The minimum absolute atomic E-state index is 0. The number of piperidine rings is 1. The van der Waals surface area contributed by atoms with Gasteiger partial charge < -0.3 is 20.7 Å². The van der Waals surface area contributed by atoms with Crippen molar-refractivity contribution in [3.63, 3.8) is 0 Å². The van der Waals surface area contributed by atoms with Crippen LogP contribution in [0.2, 0.25) is 0 Å². The van der Waals surface area contributed by atoms with Gasteiger partial charge in [0.1, 0.15) is 5.75 Å². The van der Waals surface area contributed by atoms with Crippen LogP contribution < -0.4 is 20.7 Å². The topological polar surface area (TPSA) is 78.0 Å². The fraction of sp³-hybridized carbons (Fsp3) is 0.652. The lowest BCUT2D eigenvalue weighted by atomic mass is 9.98. The number of rotatable bonds is 9. The van der Waals surface area contributed by atoms with Gasteiger partial charge in [0.15, 0.2) is 12.6 Å². The van der Waals surface area contributed by atoms with Gasteiger partial charge in [0, 0.05) is 31.7 Å². The number of nitrogens with zero attached hydrogens (tertiary/aromatic N) is 2. The second kappa shape index (κ2) is 12.5. The van der Waals surface area contributed by atoms with Crippen molar-refractivity contribution in [2.75, 3.05) is 33.3 Å². The smallest absolute Gasteiger partial charge is 0.258 e. The summed E-state index contributed by atoms with van der Waals surface area (Å²) in [4.78, 5) is 18.7. The number of aliphatic imine (C=N–C) groups is 1. The summed E-state index contributed by atoms with van der Waals surface area (Å²) in [6, 6.07) is 8.18. The van der Waals surface area contributed by atoms with E-state index in [0.717, 1.165) is 30.9 Å². The lowest BCUT2D eigenvalue weighted by Gasteiger charge is -2.41. The lowest BCUT2D eigenvalue weighted by Crippen LogP contribution is -2.54. The van der Waals surface area contributed by atoms with Gasteiger partial charge in [-0.15, -0.1) is 24.0 Å². The van der Waals surface area contributed by atoms with Gasteiger partial charge in [0.05, 0.1) is 0 Å². The Morgan fingerprint density at radius 3 is 2.61 bits per heavy atom. The van der Waals surface area contributed by atoms with E-state index in [1.807, 2.05) is 24.3 Å². The first-order chi connectivity index (χ1) is 14.5. The first-order valence-corrected chi connectivity index (χ1v) is 11.2. The van der Waals surface area contributed by atoms with E-state index in [9.17, 15) is 4.79 Å². The molecule has 2 fully saturated rings. The molecule has 1 saturated heterocycles. The van der Waals surface area contributed by atoms with E-state index in [4.69, 9.17) is 4.74 Å². The van der Waals surface area contributed by atoms with Crippen LogP contribution in [0.1, 0.15) is 51.5 Å². The molecule has 3 rings (SSSR count). The van der Waals surface area contributed by atoms with Crippen LogP contribution in [0, 0.1) is 0 Å². The highest BCUT2D eigenvalue weighted by atomic mass is 127. The molecule has 0 atom stereocenters. The molecule has 2 aliphatic rings. The average molecular weight is 543 g/mol. The molecule has 0 spiro atoms. The SMILES string of the molecule is CN=C(NCc1cccc(OCC(=O)NC2CC2)c1)NCC(C)(C)N1CCCCC1.I. The average Bonchev–Trinajstić information content (AvgIpc) is 3.57. The van der Waals surface area contributed by atoms with Gasteiger partial charge >= 0.3 is 0 Å². The number of carbonyl (C=O) groups is 1. The molecule has 1 aliphatic heterocycles. The molecule has 1 aliphatic carbocycles. The summed E-state index contributed by atoms with van der Waals surface area (Å²) in [5, 5.41) is 9.77. The number of nitrogens with one attached hydrogen (secondary N) is 3. The van der Waals surface area contributed by atoms with Crippen molar-refractivity contribution < 1.29 is 9.53 Å². The van der Waals surface area contributed by atoms with Crippen LogP contribution in [0.4, 0.5) is 0 Å². The standard InChI is InChI=1S/C23H37N5O2.HI/c1-23(2,28-12-5-4-6-13-28)17-26-22(24-3)25-15-18-8-7-9-20(14-18)30-16-21(29)27-19-10-11-19;/h7-9,14,19H,4-6,10-13,15-17H2,1-3H3,(H,27,29)(H2,24,25,26);1H. The van der Waals surface area contributed by atoms with Crippen LogP contribution in [0.5, 0.6) is 5.75 Å². The van der Waals surface area contributed by atoms with Crippen LogP contribution >= 0.6 is 24.0 Å². The zero-order chi connectivity index (χ0) is 21.4. The lowest BCUT2D eigenvalue weighted by molar-refractivity contribution is -0.123. The van der Waals surface area contributed by atoms with E-state index in [0.29, 0.717) is 18.3 Å². The minimum Gasteiger partial charge on any atom is -0.484 e. The summed E-state index contributed by atoms with van der Waals surface area (Å²) in [6.45, 7) is 8.46. The minimum atomic E-state index is -0.0537. The summed E-state index contributed by atoms with van der Waals surface area (Å²) in [5.74, 6) is 1.44. The van der Waals surface area contributed by atoms with Crippen LogP contribution in [-0.2, 0) is 11.3 Å². The number of halogens is 1. The van der Waals surface area contributed by atoms with Crippen LogP contribution in [0.15, 0.2) is 29.3 Å². The molecule has 0 aromatic heterocycles. The fourth-order valence-electron chi connectivity index (χ4n) is 3.71. The molecule has 7 nitrogen and oxygen atoms in total. The Balaban J connectivity index is 0.00000341. The molecule has 1 heterocycles. The number of benzene rings is 1. The van der Waals surface area contributed by atoms with Crippen LogP contribution in [0.25, 0.3) is 0 Å². The Labute approximate surface area is 203 Å². The number of guanidine groups is 1. The van der Waals surface area contributed by atoms with E-state index >= 15 is 0 Å². The molecule has 1 saturated carbocycles. The molecular weight excluding hydrogens is 505 g/mol. The monoisotopic (exact) mass is 543 g/mol. The molecular formula is C23H38IN5O2. The molecule has 8 heteroatoms. The van der Waals surface area contributed by atoms with Gasteiger partial charge in [-0.05, 0) is 70.3 Å². The normalized spacial score (nSPS) is 17.5. The Bertz CT molecular complexity index is 730. The maximum absolute atomic E-state index is 11.8. The summed E-state index contributed by atoms with van der Waals surface area (Å²) in [7, 11) is 1.79. The van der Waals surface area contributed by atoms with Crippen molar-refractivity contribution >= 4 is 35.8 Å². The zero-order valence-electron chi connectivity index (χ0n) is 19.1. The zero-order valence-corrected chi connectivity index (χ0v) is 21.4. The van der Waals surface area contributed by atoms with Crippen molar-refractivity contribution in [1.82, 2.24) is 20.9 Å². The molecule has 174 valence electrons.